The Morgan fingerprint density at radius 2 is 1.96 bits per heavy atom. The second-order valence-electron chi connectivity index (χ2n) is 6.92. The first kappa shape index (κ1) is 20.1. The number of phenolic OH excluding ortho intramolecular Hbond substituents is 1. The van der Waals surface area contributed by atoms with Crippen LogP contribution in [-0.2, 0) is 13.0 Å². The second-order valence-corrected chi connectivity index (χ2v) is 7.33. The number of hydrogen-bond acceptors (Lipinski definition) is 4. The molecule has 3 aromatic rings. The van der Waals surface area contributed by atoms with Gasteiger partial charge in [-0.15, -0.1) is 0 Å². The fraction of sp³-hybridized carbons (Fsp3) is 0.318. The van der Waals surface area contributed by atoms with Crippen LogP contribution in [0.5, 0.6) is 5.75 Å². The number of phenols is 1. The van der Waals surface area contributed by atoms with Crippen molar-refractivity contribution >= 4 is 17.4 Å². The highest BCUT2D eigenvalue weighted by Crippen LogP contribution is 2.25. The summed E-state index contributed by atoms with van der Waals surface area (Å²) in [6.45, 7) is 6.18. The summed E-state index contributed by atoms with van der Waals surface area (Å²) in [5, 5.41) is 10.4. The quantitative estimate of drug-likeness (QED) is 0.577. The SMILES string of the molecule is CCCC(=O)c1c(C)nc(Cc2cccnc2C)n1Cc1cc(O)ccc1Cl. The minimum atomic E-state index is 0.0675. The summed E-state index contributed by atoms with van der Waals surface area (Å²) in [6.07, 6.45) is 3.56. The monoisotopic (exact) mass is 397 g/mol. The zero-order chi connectivity index (χ0) is 20.3. The predicted molar refractivity (Wildman–Crippen MR) is 110 cm³/mol. The van der Waals surface area contributed by atoms with Gasteiger partial charge in [-0.1, -0.05) is 24.6 Å². The number of ketones is 1. The predicted octanol–water partition coefficient (Wildman–Crippen LogP) is 4.88. The van der Waals surface area contributed by atoms with Gasteiger partial charge < -0.3 is 9.67 Å². The summed E-state index contributed by atoms with van der Waals surface area (Å²) >= 11 is 6.34. The molecule has 1 aromatic carbocycles. The van der Waals surface area contributed by atoms with E-state index in [1.54, 1.807) is 24.4 Å². The Bertz CT molecular complexity index is 1010. The van der Waals surface area contributed by atoms with E-state index in [2.05, 4.69) is 4.98 Å². The topological polar surface area (TPSA) is 68.0 Å². The third-order valence-corrected chi connectivity index (χ3v) is 5.15. The molecule has 0 aliphatic heterocycles. The van der Waals surface area contributed by atoms with Gasteiger partial charge in [0, 0.05) is 29.8 Å². The van der Waals surface area contributed by atoms with Crippen molar-refractivity contribution in [1.29, 1.82) is 0 Å². The molecule has 3 rings (SSSR count). The van der Waals surface area contributed by atoms with E-state index in [0.717, 1.165) is 29.1 Å². The fourth-order valence-electron chi connectivity index (χ4n) is 3.36. The number of hydrogen-bond donors (Lipinski definition) is 1. The largest absolute Gasteiger partial charge is 0.508 e. The van der Waals surface area contributed by atoms with Crippen LogP contribution in [0.4, 0.5) is 0 Å². The first-order valence-electron chi connectivity index (χ1n) is 9.37. The molecule has 0 bridgehead atoms. The molecule has 28 heavy (non-hydrogen) atoms. The third-order valence-electron chi connectivity index (χ3n) is 4.78. The van der Waals surface area contributed by atoms with E-state index >= 15 is 0 Å². The molecule has 146 valence electrons. The van der Waals surface area contributed by atoms with Crippen LogP contribution in [0.15, 0.2) is 36.5 Å². The number of benzene rings is 1. The summed E-state index contributed by atoms with van der Waals surface area (Å²) in [5.74, 6) is 0.993. The number of aromatic nitrogens is 3. The first-order chi connectivity index (χ1) is 13.4. The number of carbonyl (C=O) groups excluding carboxylic acids is 1. The van der Waals surface area contributed by atoms with E-state index < -0.39 is 0 Å². The van der Waals surface area contributed by atoms with Crippen molar-refractivity contribution < 1.29 is 9.90 Å². The van der Waals surface area contributed by atoms with Crippen LogP contribution in [0.2, 0.25) is 5.02 Å². The van der Waals surface area contributed by atoms with Gasteiger partial charge in [-0.05, 0) is 55.7 Å². The number of rotatable bonds is 7. The van der Waals surface area contributed by atoms with Crippen molar-refractivity contribution in [1.82, 2.24) is 14.5 Å². The first-order valence-corrected chi connectivity index (χ1v) is 9.75. The van der Waals surface area contributed by atoms with E-state index in [-0.39, 0.29) is 11.5 Å². The van der Waals surface area contributed by atoms with Crippen LogP contribution in [-0.4, -0.2) is 25.4 Å². The summed E-state index contributed by atoms with van der Waals surface area (Å²) in [7, 11) is 0. The molecule has 6 heteroatoms. The van der Waals surface area contributed by atoms with E-state index in [1.165, 1.54) is 0 Å². The minimum absolute atomic E-state index is 0.0675. The summed E-state index contributed by atoms with van der Waals surface area (Å²) in [4.78, 5) is 21.9. The van der Waals surface area contributed by atoms with E-state index in [9.17, 15) is 9.90 Å². The maximum absolute atomic E-state index is 12.8. The van der Waals surface area contributed by atoms with Gasteiger partial charge in [0.05, 0.1) is 12.2 Å². The molecule has 2 heterocycles. The molecule has 1 N–H and O–H groups in total. The van der Waals surface area contributed by atoms with E-state index in [4.69, 9.17) is 16.6 Å². The van der Waals surface area contributed by atoms with Crippen molar-refractivity contribution in [3.05, 3.63) is 75.6 Å². The van der Waals surface area contributed by atoms with Gasteiger partial charge in [0.1, 0.15) is 17.3 Å². The molecule has 0 fully saturated rings. The van der Waals surface area contributed by atoms with Gasteiger partial charge in [-0.3, -0.25) is 9.78 Å². The number of carbonyl (C=O) groups is 1. The zero-order valence-electron chi connectivity index (χ0n) is 16.4. The minimum Gasteiger partial charge on any atom is -0.508 e. The van der Waals surface area contributed by atoms with Crippen LogP contribution in [0.25, 0.3) is 0 Å². The average Bonchev–Trinajstić information content (AvgIpc) is 2.95. The second kappa shape index (κ2) is 8.57. The Labute approximate surface area is 170 Å². The Morgan fingerprint density at radius 3 is 2.68 bits per heavy atom. The van der Waals surface area contributed by atoms with Crippen molar-refractivity contribution in [3.63, 3.8) is 0 Å². The van der Waals surface area contributed by atoms with Crippen LogP contribution >= 0.6 is 11.6 Å². The van der Waals surface area contributed by atoms with Crippen molar-refractivity contribution in [2.24, 2.45) is 0 Å². The van der Waals surface area contributed by atoms with Gasteiger partial charge in [0.25, 0.3) is 0 Å². The molecule has 0 aliphatic rings. The molecule has 0 spiro atoms. The van der Waals surface area contributed by atoms with Crippen LogP contribution in [0.1, 0.15) is 58.6 Å². The lowest BCUT2D eigenvalue weighted by Gasteiger charge is -2.14. The maximum atomic E-state index is 12.8. The number of aryl methyl sites for hydroxylation is 2. The molecular weight excluding hydrogens is 374 g/mol. The zero-order valence-corrected chi connectivity index (χ0v) is 17.1. The highest BCUT2D eigenvalue weighted by atomic mass is 35.5. The molecule has 0 aliphatic carbocycles. The Balaban J connectivity index is 2.09. The lowest BCUT2D eigenvalue weighted by atomic mass is 10.1. The number of halogens is 1. The number of pyridine rings is 1. The van der Waals surface area contributed by atoms with Gasteiger partial charge in [-0.25, -0.2) is 4.98 Å². The summed E-state index contributed by atoms with van der Waals surface area (Å²) in [5.41, 5.74) is 4.06. The van der Waals surface area contributed by atoms with Crippen molar-refractivity contribution in [2.75, 3.05) is 0 Å². The van der Waals surface area contributed by atoms with E-state index in [0.29, 0.717) is 35.8 Å². The van der Waals surface area contributed by atoms with E-state index in [1.807, 2.05) is 37.5 Å². The average molecular weight is 398 g/mol. The molecule has 5 nitrogen and oxygen atoms in total. The van der Waals surface area contributed by atoms with Crippen LogP contribution < -0.4 is 0 Å². The Hall–Kier alpha value is -2.66. The molecule has 0 saturated carbocycles. The Morgan fingerprint density at radius 1 is 1.18 bits per heavy atom. The molecule has 2 aromatic heterocycles. The highest BCUT2D eigenvalue weighted by Gasteiger charge is 2.21. The summed E-state index contributed by atoms with van der Waals surface area (Å²) in [6, 6.07) is 8.76. The molecule has 0 saturated heterocycles. The fourth-order valence-corrected chi connectivity index (χ4v) is 3.54. The van der Waals surface area contributed by atoms with Crippen LogP contribution in [0, 0.1) is 13.8 Å². The van der Waals surface area contributed by atoms with Gasteiger partial charge in [0.2, 0.25) is 0 Å². The maximum Gasteiger partial charge on any atom is 0.181 e. The smallest absolute Gasteiger partial charge is 0.181 e. The lowest BCUT2D eigenvalue weighted by Crippen LogP contribution is -2.14. The summed E-state index contributed by atoms with van der Waals surface area (Å²) < 4.78 is 1.93. The molecule has 0 amide bonds. The number of imidazole rings is 1. The molecule has 0 atom stereocenters. The number of aromatic hydroxyl groups is 1. The Kier molecular flexibility index (Phi) is 6.15. The highest BCUT2D eigenvalue weighted by molar-refractivity contribution is 6.31. The van der Waals surface area contributed by atoms with Gasteiger partial charge in [0.15, 0.2) is 5.78 Å². The molecule has 0 unspecified atom stereocenters. The van der Waals surface area contributed by atoms with Gasteiger partial charge in [-0.2, -0.15) is 0 Å². The lowest BCUT2D eigenvalue weighted by molar-refractivity contribution is 0.0972. The number of nitrogens with zero attached hydrogens (tertiary/aromatic N) is 3. The van der Waals surface area contributed by atoms with Gasteiger partial charge >= 0.3 is 0 Å². The third kappa shape index (κ3) is 4.25. The number of Topliss-reactive ketones (excluding diaryl/α,β-unsaturated/α-hetero) is 1. The van der Waals surface area contributed by atoms with Crippen molar-refractivity contribution in [2.45, 2.75) is 46.6 Å². The molecule has 0 radical (unpaired) electrons. The normalized spacial score (nSPS) is 11.0. The standard InChI is InChI=1S/C22H24ClN3O2/c1-4-6-20(28)22-15(3)25-21(12-16-7-5-10-24-14(16)2)26(22)13-17-11-18(27)8-9-19(17)23/h5,7-11,27H,4,6,12-13H2,1-3H3. The van der Waals surface area contributed by atoms with Crippen molar-refractivity contribution in [3.8, 4) is 5.75 Å². The van der Waals surface area contributed by atoms with Crippen LogP contribution in [0.3, 0.4) is 0 Å². The molecular formula is C22H24ClN3O2.